The maximum Gasteiger partial charge on any atom is 0.123 e. The molecule has 0 bridgehead atoms. The average Bonchev–Trinajstić information content (AvgIpc) is 3.28. The van der Waals surface area contributed by atoms with Gasteiger partial charge in [0.25, 0.3) is 0 Å². The molecule has 2 heterocycles. The maximum absolute atomic E-state index is 12.2. The molecule has 0 amide bonds. The van der Waals surface area contributed by atoms with Gasteiger partial charge in [-0.2, -0.15) is 5.10 Å². The molecule has 4 nitrogen and oxygen atoms in total. The van der Waals surface area contributed by atoms with E-state index < -0.39 is 6.67 Å². The SMILES string of the molecule is FCCOc1cccc(-c2cc(-c3ccc4cc[nH]c4c3)n[nH]2)c1. The lowest BCUT2D eigenvalue weighted by molar-refractivity contribution is 0.273. The molecule has 0 aliphatic rings. The molecule has 0 radical (unpaired) electrons. The van der Waals surface area contributed by atoms with Crippen molar-refractivity contribution in [3.8, 4) is 28.3 Å². The molecule has 0 fully saturated rings. The molecular weight excluding hydrogens is 305 g/mol. The van der Waals surface area contributed by atoms with Gasteiger partial charge in [-0.1, -0.05) is 24.3 Å². The first kappa shape index (κ1) is 14.5. The number of ether oxygens (including phenoxy) is 1. The Hall–Kier alpha value is -3.08. The lowest BCUT2D eigenvalue weighted by Crippen LogP contribution is -1.98. The van der Waals surface area contributed by atoms with Crippen LogP contribution in [0.2, 0.25) is 0 Å². The van der Waals surface area contributed by atoms with Crippen molar-refractivity contribution in [1.82, 2.24) is 15.2 Å². The molecule has 0 unspecified atom stereocenters. The Morgan fingerprint density at radius 3 is 2.88 bits per heavy atom. The van der Waals surface area contributed by atoms with Crippen molar-refractivity contribution in [2.24, 2.45) is 0 Å². The number of H-pyrrole nitrogens is 2. The molecule has 0 aliphatic carbocycles. The number of hydrogen-bond acceptors (Lipinski definition) is 2. The van der Waals surface area contributed by atoms with E-state index in [1.165, 1.54) is 5.39 Å². The Balaban J connectivity index is 1.64. The molecule has 5 heteroatoms. The quantitative estimate of drug-likeness (QED) is 0.565. The molecule has 0 spiro atoms. The third-order valence-electron chi connectivity index (χ3n) is 3.92. The van der Waals surface area contributed by atoms with Crippen LogP contribution in [0.15, 0.2) is 60.8 Å². The first-order valence-corrected chi connectivity index (χ1v) is 7.75. The van der Waals surface area contributed by atoms with Crippen LogP contribution >= 0.6 is 0 Å². The van der Waals surface area contributed by atoms with E-state index in [4.69, 9.17) is 4.74 Å². The van der Waals surface area contributed by atoms with Gasteiger partial charge in [0.2, 0.25) is 0 Å². The van der Waals surface area contributed by atoms with Crippen molar-refractivity contribution in [3.63, 3.8) is 0 Å². The standard InChI is InChI=1S/C19H16FN3O/c20-7-9-24-16-3-1-2-14(10-16)18-12-19(23-22-18)15-5-4-13-6-8-21-17(13)11-15/h1-6,8,10-12,21H,7,9H2,(H,22,23). The highest BCUT2D eigenvalue weighted by Crippen LogP contribution is 2.28. The minimum Gasteiger partial charge on any atom is -0.491 e. The molecular formula is C19H16FN3O. The van der Waals surface area contributed by atoms with Crippen molar-refractivity contribution in [2.45, 2.75) is 0 Å². The minimum atomic E-state index is -0.500. The highest BCUT2D eigenvalue weighted by atomic mass is 19.1. The second-order valence-electron chi connectivity index (χ2n) is 5.51. The molecule has 0 atom stereocenters. The van der Waals surface area contributed by atoms with Gasteiger partial charge in [-0.05, 0) is 35.7 Å². The number of rotatable bonds is 5. The van der Waals surface area contributed by atoms with Crippen molar-refractivity contribution in [1.29, 1.82) is 0 Å². The van der Waals surface area contributed by atoms with E-state index in [-0.39, 0.29) is 6.61 Å². The first-order valence-electron chi connectivity index (χ1n) is 7.75. The first-order chi connectivity index (χ1) is 11.8. The van der Waals surface area contributed by atoms with Gasteiger partial charge in [0, 0.05) is 22.8 Å². The summed E-state index contributed by atoms with van der Waals surface area (Å²) in [5.74, 6) is 0.647. The molecule has 0 aliphatic heterocycles. The smallest absolute Gasteiger partial charge is 0.123 e. The van der Waals surface area contributed by atoms with Crippen LogP contribution in [0.25, 0.3) is 33.4 Å². The second-order valence-corrected chi connectivity index (χ2v) is 5.51. The predicted octanol–water partition coefficient (Wildman–Crippen LogP) is 4.57. The van der Waals surface area contributed by atoms with Crippen LogP contribution < -0.4 is 4.74 Å². The van der Waals surface area contributed by atoms with E-state index >= 15 is 0 Å². The van der Waals surface area contributed by atoms with Gasteiger partial charge in [-0.15, -0.1) is 0 Å². The fraction of sp³-hybridized carbons (Fsp3) is 0.105. The van der Waals surface area contributed by atoms with Crippen molar-refractivity contribution in [2.75, 3.05) is 13.3 Å². The van der Waals surface area contributed by atoms with Crippen LogP contribution in [0.4, 0.5) is 4.39 Å². The third-order valence-corrected chi connectivity index (χ3v) is 3.92. The monoisotopic (exact) mass is 321 g/mol. The van der Waals surface area contributed by atoms with Gasteiger partial charge in [0.15, 0.2) is 0 Å². The Kier molecular flexibility index (Phi) is 3.75. The number of aromatic nitrogens is 3. The molecule has 4 aromatic rings. The normalized spacial score (nSPS) is 11.0. The van der Waals surface area contributed by atoms with Crippen LogP contribution in [0, 0.1) is 0 Å². The lowest BCUT2D eigenvalue weighted by Gasteiger charge is -2.04. The largest absolute Gasteiger partial charge is 0.491 e. The summed E-state index contributed by atoms with van der Waals surface area (Å²) >= 11 is 0. The number of fused-ring (bicyclic) bond motifs is 1. The van der Waals surface area contributed by atoms with Crippen LogP contribution in [0.1, 0.15) is 0 Å². The Morgan fingerprint density at radius 1 is 1.00 bits per heavy atom. The molecule has 2 aromatic heterocycles. The highest BCUT2D eigenvalue weighted by Gasteiger charge is 2.08. The number of nitrogens with zero attached hydrogens (tertiary/aromatic N) is 1. The van der Waals surface area contributed by atoms with Gasteiger partial charge in [-0.3, -0.25) is 5.10 Å². The number of alkyl halides is 1. The lowest BCUT2D eigenvalue weighted by atomic mass is 10.1. The third kappa shape index (κ3) is 2.76. The van der Waals surface area contributed by atoms with E-state index in [9.17, 15) is 4.39 Å². The predicted molar refractivity (Wildman–Crippen MR) is 92.8 cm³/mol. The number of hydrogen-bond donors (Lipinski definition) is 2. The number of nitrogens with one attached hydrogen (secondary N) is 2. The Morgan fingerprint density at radius 2 is 1.96 bits per heavy atom. The second kappa shape index (κ2) is 6.20. The van der Waals surface area contributed by atoms with Gasteiger partial charge < -0.3 is 9.72 Å². The molecule has 120 valence electrons. The van der Waals surface area contributed by atoms with Crippen LogP contribution in [0.5, 0.6) is 5.75 Å². The van der Waals surface area contributed by atoms with E-state index in [1.54, 1.807) is 0 Å². The summed E-state index contributed by atoms with van der Waals surface area (Å²) in [5.41, 5.74) is 4.83. The van der Waals surface area contributed by atoms with Crippen molar-refractivity contribution < 1.29 is 9.13 Å². The van der Waals surface area contributed by atoms with Crippen LogP contribution in [-0.2, 0) is 0 Å². The molecule has 0 saturated heterocycles. The maximum atomic E-state index is 12.2. The average molecular weight is 321 g/mol. The molecule has 2 N–H and O–H groups in total. The fourth-order valence-electron chi connectivity index (χ4n) is 2.73. The summed E-state index contributed by atoms with van der Waals surface area (Å²) in [6, 6.07) is 17.8. The summed E-state index contributed by atoms with van der Waals surface area (Å²) in [6.45, 7) is -0.437. The highest BCUT2D eigenvalue weighted by molar-refractivity contribution is 5.84. The fourth-order valence-corrected chi connectivity index (χ4v) is 2.73. The molecule has 24 heavy (non-hydrogen) atoms. The zero-order valence-corrected chi connectivity index (χ0v) is 12.9. The number of halogens is 1. The van der Waals surface area contributed by atoms with Gasteiger partial charge in [0.1, 0.15) is 19.0 Å². The van der Waals surface area contributed by atoms with E-state index in [2.05, 4.69) is 33.4 Å². The zero-order valence-electron chi connectivity index (χ0n) is 12.9. The van der Waals surface area contributed by atoms with Crippen LogP contribution in [-0.4, -0.2) is 28.5 Å². The van der Waals surface area contributed by atoms with Crippen molar-refractivity contribution in [3.05, 3.63) is 60.8 Å². The van der Waals surface area contributed by atoms with E-state index in [0.717, 1.165) is 28.0 Å². The van der Waals surface area contributed by atoms with E-state index in [0.29, 0.717) is 5.75 Å². The molecule has 0 saturated carbocycles. The van der Waals surface area contributed by atoms with Gasteiger partial charge >= 0.3 is 0 Å². The van der Waals surface area contributed by atoms with Crippen molar-refractivity contribution >= 4 is 10.9 Å². The Bertz CT molecular complexity index is 973. The number of aromatic amines is 2. The van der Waals surface area contributed by atoms with Crippen LogP contribution in [0.3, 0.4) is 0 Å². The summed E-state index contributed by atoms with van der Waals surface area (Å²) in [4.78, 5) is 3.21. The Labute approximate surface area is 138 Å². The van der Waals surface area contributed by atoms with Gasteiger partial charge in [0.05, 0.1) is 11.4 Å². The van der Waals surface area contributed by atoms with Gasteiger partial charge in [-0.25, -0.2) is 4.39 Å². The summed E-state index contributed by atoms with van der Waals surface area (Å²) < 4.78 is 17.6. The number of benzene rings is 2. The summed E-state index contributed by atoms with van der Waals surface area (Å²) in [7, 11) is 0. The zero-order chi connectivity index (χ0) is 16.4. The minimum absolute atomic E-state index is 0.0633. The summed E-state index contributed by atoms with van der Waals surface area (Å²) in [5, 5.41) is 8.64. The summed E-state index contributed by atoms with van der Waals surface area (Å²) in [6.07, 6.45) is 1.92. The van der Waals surface area contributed by atoms with E-state index in [1.807, 2.05) is 42.6 Å². The molecule has 2 aromatic carbocycles. The molecule has 4 rings (SSSR count). The topological polar surface area (TPSA) is 53.7 Å².